The van der Waals surface area contributed by atoms with Crippen LogP contribution in [0.5, 0.6) is 0 Å². The van der Waals surface area contributed by atoms with Gasteiger partial charge in [0.25, 0.3) is 5.69 Å². The van der Waals surface area contributed by atoms with Crippen molar-refractivity contribution in [2.24, 2.45) is 0 Å². The maximum absolute atomic E-state index is 11.0. The number of rotatable bonds is 3. The molecule has 1 fully saturated rings. The molecule has 2 rings (SSSR count). The van der Waals surface area contributed by atoms with E-state index < -0.39 is 15.5 Å². The summed E-state index contributed by atoms with van der Waals surface area (Å²) in [6.07, 6.45) is 0.578. The zero-order valence-corrected chi connectivity index (χ0v) is 10.9. The van der Waals surface area contributed by atoms with E-state index in [0.717, 1.165) is 0 Å². The van der Waals surface area contributed by atoms with E-state index in [-0.39, 0.29) is 22.8 Å². The van der Waals surface area contributed by atoms with Crippen LogP contribution in [-0.4, -0.2) is 44.9 Å². The van der Waals surface area contributed by atoms with Crippen molar-refractivity contribution in [3.63, 3.8) is 0 Å². The van der Waals surface area contributed by atoms with Gasteiger partial charge in [-0.15, -0.1) is 0 Å². The van der Waals surface area contributed by atoms with E-state index >= 15 is 0 Å². The molecule has 8 heteroatoms. The van der Waals surface area contributed by atoms with Gasteiger partial charge in [-0.1, -0.05) is 0 Å². The Kier molecular flexibility index (Phi) is 3.74. The van der Waals surface area contributed by atoms with E-state index in [4.69, 9.17) is 0 Å². The first-order valence-electron chi connectivity index (χ1n) is 5.65. The molecule has 19 heavy (non-hydrogen) atoms. The number of benzene rings is 1. The number of non-ortho nitro benzene ring substituents is 1. The highest BCUT2D eigenvalue weighted by Gasteiger charge is 2.24. The van der Waals surface area contributed by atoms with Crippen molar-refractivity contribution in [2.45, 2.75) is 0 Å². The lowest BCUT2D eigenvalue weighted by Crippen LogP contribution is -2.38. The summed E-state index contributed by atoms with van der Waals surface area (Å²) in [6.45, 7) is 0.835. The van der Waals surface area contributed by atoms with Gasteiger partial charge in [0.15, 0.2) is 6.29 Å². The third-order valence-electron chi connectivity index (χ3n) is 3.07. The maximum Gasteiger partial charge on any atom is 0.270 e. The molecule has 1 saturated heterocycles. The molecule has 0 bridgehead atoms. The van der Waals surface area contributed by atoms with Gasteiger partial charge in [0.2, 0.25) is 0 Å². The van der Waals surface area contributed by atoms with Crippen molar-refractivity contribution in [1.29, 1.82) is 0 Å². The minimum atomic E-state index is -2.50. The maximum atomic E-state index is 11.0. The summed E-state index contributed by atoms with van der Waals surface area (Å²) < 4.78 is 19.1. The Morgan fingerprint density at radius 1 is 1.32 bits per heavy atom. The molecule has 1 aromatic carbocycles. The van der Waals surface area contributed by atoms with E-state index in [1.807, 2.05) is 4.90 Å². The quantitative estimate of drug-likeness (QED) is 0.500. The monoisotopic (exact) mass is 286 g/mol. The lowest BCUT2D eigenvalue weighted by atomic mass is 10.1. The Bertz CT molecular complexity index is 510. The van der Waals surface area contributed by atoms with Crippen molar-refractivity contribution in [3.8, 4) is 0 Å². The van der Waals surface area contributed by atoms with Crippen molar-refractivity contribution >= 4 is 28.3 Å². The number of carbonyl (C=O) groups excluding carboxylic acids is 1. The fraction of sp³-hybridized carbons (Fsp3) is 0.364. The van der Waals surface area contributed by atoms with Crippen molar-refractivity contribution in [2.75, 3.05) is 29.5 Å². The number of hydrogen-bond donors (Lipinski definition) is 2. The summed E-state index contributed by atoms with van der Waals surface area (Å²) in [4.78, 5) is 23.0. The van der Waals surface area contributed by atoms with Gasteiger partial charge >= 0.3 is 0 Å². The number of carbonyl (C=O) groups is 1. The van der Waals surface area contributed by atoms with E-state index in [2.05, 4.69) is 0 Å². The molecule has 0 aliphatic carbocycles. The fourth-order valence-electron chi connectivity index (χ4n) is 2.01. The molecule has 2 N–H and O–H groups in total. The lowest BCUT2D eigenvalue weighted by molar-refractivity contribution is -0.384. The molecule has 0 unspecified atom stereocenters. The number of hydrogen-bond acceptors (Lipinski definition) is 6. The molecule has 0 saturated carbocycles. The molecule has 0 aromatic heterocycles. The average molecular weight is 286 g/mol. The first-order valence-corrected chi connectivity index (χ1v) is 7.53. The molecule has 1 aliphatic rings. The SMILES string of the molecule is O=Cc1cc([N+](=O)[O-])ccc1N1CCS(O)(O)CC1. The predicted octanol–water partition coefficient (Wildman–Crippen LogP) is 1.98. The first-order chi connectivity index (χ1) is 8.93. The van der Waals surface area contributed by atoms with E-state index in [1.165, 1.54) is 18.2 Å². The fourth-order valence-corrected chi connectivity index (χ4v) is 3.24. The third-order valence-corrected chi connectivity index (χ3v) is 4.74. The zero-order chi connectivity index (χ0) is 14.0. The second-order valence-electron chi connectivity index (χ2n) is 4.32. The van der Waals surface area contributed by atoms with E-state index in [9.17, 15) is 24.0 Å². The Morgan fingerprint density at radius 3 is 2.47 bits per heavy atom. The van der Waals surface area contributed by atoms with Crippen LogP contribution in [0.15, 0.2) is 18.2 Å². The summed E-state index contributed by atoms with van der Waals surface area (Å²) in [5, 5.41) is 10.7. The summed E-state index contributed by atoms with van der Waals surface area (Å²) in [7, 11) is -2.50. The minimum Gasteiger partial charge on any atom is -0.368 e. The van der Waals surface area contributed by atoms with Gasteiger partial charge in [-0.05, 0) is 6.07 Å². The van der Waals surface area contributed by atoms with Crippen molar-refractivity contribution in [3.05, 3.63) is 33.9 Å². The van der Waals surface area contributed by atoms with E-state index in [0.29, 0.717) is 25.1 Å². The second-order valence-corrected chi connectivity index (χ2v) is 6.74. The van der Waals surface area contributed by atoms with Crippen LogP contribution in [-0.2, 0) is 0 Å². The topological polar surface area (TPSA) is 104 Å². The molecule has 0 spiro atoms. The molecule has 1 aromatic rings. The van der Waals surface area contributed by atoms with Crippen LogP contribution in [0.4, 0.5) is 11.4 Å². The van der Waals surface area contributed by atoms with Crippen LogP contribution in [0.25, 0.3) is 0 Å². The zero-order valence-electron chi connectivity index (χ0n) is 10.1. The van der Waals surface area contributed by atoms with Crippen LogP contribution in [0.1, 0.15) is 10.4 Å². The molecular weight excluding hydrogens is 272 g/mol. The highest BCUT2D eigenvalue weighted by Crippen LogP contribution is 2.41. The average Bonchev–Trinajstić information content (AvgIpc) is 2.38. The first kappa shape index (κ1) is 13.8. The van der Waals surface area contributed by atoms with Crippen LogP contribution < -0.4 is 4.90 Å². The highest BCUT2D eigenvalue weighted by molar-refractivity contribution is 8.24. The summed E-state index contributed by atoms with van der Waals surface area (Å²) in [6, 6.07) is 4.10. The van der Waals surface area contributed by atoms with Crippen molar-refractivity contribution in [1.82, 2.24) is 0 Å². The molecule has 0 atom stereocenters. The third kappa shape index (κ3) is 3.03. The number of nitro benzene ring substituents is 1. The molecule has 1 heterocycles. The van der Waals surface area contributed by atoms with Gasteiger partial charge in [-0.2, -0.15) is 10.6 Å². The normalized spacial score (nSPS) is 19.8. The number of nitro groups is 1. The Balaban J connectivity index is 2.25. The highest BCUT2D eigenvalue weighted by atomic mass is 32.3. The van der Waals surface area contributed by atoms with Gasteiger partial charge in [0, 0.05) is 36.5 Å². The number of aldehydes is 1. The molecule has 1 aliphatic heterocycles. The lowest BCUT2D eigenvalue weighted by Gasteiger charge is -2.42. The van der Waals surface area contributed by atoms with Crippen LogP contribution in [0.2, 0.25) is 0 Å². The summed E-state index contributed by atoms with van der Waals surface area (Å²) in [5.41, 5.74) is 0.704. The number of nitrogens with zero attached hydrogens (tertiary/aromatic N) is 2. The Hall–Kier alpha value is -1.64. The van der Waals surface area contributed by atoms with E-state index in [1.54, 1.807) is 0 Å². The van der Waals surface area contributed by atoms with Crippen LogP contribution >= 0.6 is 10.6 Å². The Labute approximate surface area is 111 Å². The molecule has 0 radical (unpaired) electrons. The van der Waals surface area contributed by atoms with Gasteiger partial charge in [-0.25, -0.2) is 0 Å². The smallest absolute Gasteiger partial charge is 0.270 e. The molecule has 7 nitrogen and oxygen atoms in total. The van der Waals surface area contributed by atoms with Crippen LogP contribution in [0, 0.1) is 10.1 Å². The standard InChI is InChI=1S/C11H14N2O5S/c14-8-9-7-10(13(15)16)1-2-11(9)12-3-5-19(17,18)6-4-12/h1-2,7-8,17-18H,3-6H2. The van der Waals surface area contributed by atoms with Gasteiger partial charge < -0.3 is 4.90 Å². The molecule has 0 amide bonds. The Morgan fingerprint density at radius 2 is 1.95 bits per heavy atom. The van der Waals surface area contributed by atoms with Gasteiger partial charge in [-0.3, -0.25) is 24.0 Å². The summed E-state index contributed by atoms with van der Waals surface area (Å²) in [5.74, 6) is 0.505. The summed E-state index contributed by atoms with van der Waals surface area (Å²) >= 11 is 0. The van der Waals surface area contributed by atoms with Crippen molar-refractivity contribution < 1.29 is 18.8 Å². The van der Waals surface area contributed by atoms with Crippen LogP contribution in [0.3, 0.4) is 0 Å². The number of anilines is 1. The largest absolute Gasteiger partial charge is 0.368 e. The predicted molar refractivity (Wildman–Crippen MR) is 73.3 cm³/mol. The molecular formula is C11H14N2O5S. The molecule has 104 valence electrons. The minimum absolute atomic E-state index is 0.132. The van der Waals surface area contributed by atoms with Gasteiger partial charge in [0.1, 0.15) is 0 Å². The second kappa shape index (κ2) is 5.16. The van der Waals surface area contributed by atoms with Gasteiger partial charge in [0.05, 0.1) is 16.4 Å².